The standard InChI is InChI=1S/C16H29NO3/c1-3-5-7-8-9-10-17-13-14(12-15(17)18)16(19)20-11-6-4-2/h14H,3-13H2,1-2H3. The van der Waals surface area contributed by atoms with Gasteiger partial charge >= 0.3 is 5.97 Å². The summed E-state index contributed by atoms with van der Waals surface area (Å²) in [4.78, 5) is 25.5. The lowest BCUT2D eigenvalue weighted by atomic mass is 10.1. The first kappa shape index (κ1) is 17.0. The molecule has 0 aromatic rings. The van der Waals surface area contributed by atoms with Gasteiger partial charge in [-0.1, -0.05) is 46.0 Å². The van der Waals surface area contributed by atoms with Crippen molar-refractivity contribution in [1.82, 2.24) is 4.90 Å². The Hall–Kier alpha value is -1.06. The zero-order valence-corrected chi connectivity index (χ0v) is 13.0. The normalized spacial score (nSPS) is 18.6. The summed E-state index contributed by atoms with van der Waals surface area (Å²) in [6.07, 6.45) is 8.19. The number of nitrogens with zero attached hydrogens (tertiary/aromatic N) is 1. The minimum Gasteiger partial charge on any atom is -0.465 e. The Labute approximate surface area is 122 Å². The molecule has 1 aliphatic rings. The monoisotopic (exact) mass is 283 g/mol. The molecule has 1 aliphatic heterocycles. The highest BCUT2D eigenvalue weighted by Crippen LogP contribution is 2.20. The third kappa shape index (κ3) is 5.93. The summed E-state index contributed by atoms with van der Waals surface area (Å²) in [6.45, 7) is 6.09. The highest BCUT2D eigenvalue weighted by Gasteiger charge is 2.34. The van der Waals surface area contributed by atoms with Crippen LogP contribution in [0.25, 0.3) is 0 Å². The summed E-state index contributed by atoms with van der Waals surface area (Å²) in [5.41, 5.74) is 0. The summed E-state index contributed by atoms with van der Waals surface area (Å²) < 4.78 is 5.20. The molecular weight excluding hydrogens is 254 g/mol. The van der Waals surface area contributed by atoms with Crippen molar-refractivity contribution in [1.29, 1.82) is 0 Å². The lowest BCUT2D eigenvalue weighted by molar-refractivity contribution is -0.148. The molecule has 116 valence electrons. The molecule has 1 saturated heterocycles. The molecule has 1 heterocycles. The zero-order valence-electron chi connectivity index (χ0n) is 13.0. The highest BCUT2D eigenvalue weighted by atomic mass is 16.5. The van der Waals surface area contributed by atoms with E-state index >= 15 is 0 Å². The van der Waals surface area contributed by atoms with Crippen molar-refractivity contribution >= 4 is 11.9 Å². The molecule has 0 bridgehead atoms. The SMILES string of the molecule is CCCCCCCN1CC(C(=O)OCCCC)CC1=O. The van der Waals surface area contributed by atoms with E-state index in [9.17, 15) is 9.59 Å². The van der Waals surface area contributed by atoms with Gasteiger partial charge in [-0.2, -0.15) is 0 Å². The van der Waals surface area contributed by atoms with Crippen LogP contribution in [0.5, 0.6) is 0 Å². The molecule has 0 N–H and O–H groups in total. The Morgan fingerprint density at radius 1 is 1.15 bits per heavy atom. The Morgan fingerprint density at radius 2 is 1.85 bits per heavy atom. The van der Waals surface area contributed by atoms with E-state index in [4.69, 9.17) is 4.74 Å². The van der Waals surface area contributed by atoms with E-state index in [1.807, 2.05) is 4.90 Å². The molecule has 1 atom stereocenters. The van der Waals surface area contributed by atoms with Crippen LogP contribution >= 0.6 is 0 Å². The second-order valence-electron chi connectivity index (χ2n) is 5.68. The molecule has 0 aromatic heterocycles. The Kier molecular flexibility index (Phi) is 8.31. The van der Waals surface area contributed by atoms with E-state index in [1.165, 1.54) is 25.7 Å². The second-order valence-corrected chi connectivity index (χ2v) is 5.68. The van der Waals surface area contributed by atoms with Gasteiger partial charge in [-0.15, -0.1) is 0 Å². The number of rotatable bonds is 10. The van der Waals surface area contributed by atoms with Gasteiger partial charge in [0, 0.05) is 19.5 Å². The van der Waals surface area contributed by atoms with E-state index in [-0.39, 0.29) is 17.8 Å². The average molecular weight is 283 g/mol. The first-order chi connectivity index (χ1) is 9.69. The molecule has 20 heavy (non-hydrogen) atoms. The van der Waals surface area contributed by atoms with Gasteiger partial charge < -0.3 is 9.64 Å². The van der Waals surface area contributed by atoms with E-state index in [0.717, 1.165) is 25.8 Å². The fourth-order valence-electron chi connectivity index (χ4n) is 2.49. The first-order valence-electron chi connectivity index (χ1n) is 8.13. The Bertz CT molecular complexity index is 304. The lowest BCUT2D eigenvalue weighted by Crippen LogP contribution is -2.27. The molecule has 4 nitrogen and oxygen atoms in total. The molecule has 0 saturated carbocycles. The number of carbonyl (C=O) groups is 2. The van der Waals surface area contributed by atoms with Gasteiger partial charge in [0.15, 0.2) is 0 Å². The molecule has 1 amide bonds. The maximum absolute atomic E-state index is 11.9. The molecule has 1 rings (SSSR count). The molecule has 1 fully saturated rings. The maximum atomic E-state index is 11.9. The maximum Gasteiger partial charge on any atom is 0.311 e. The smallest absolute Gasteiger partial charge is 0.311 e. The van der Waals surface area contributed by atoms with Gasteiger partial charge in [-0.25, -0.2) is 0 Å². The van der Waals surface area contributed by atoms with Crippen molar-refractivity contribution in [3.8, 4) is 0 Å². The van der Waals surface area contributed by atoms with Crippen molar-refractivity contribution in [3.63, 3.8) is 0 Å². The lowest BCUT2D eigenvalue weighted by Gasteiger charge is -2.16. The number of ether oxygens (including phenoxy) is 1. The largest absolute Gasteiger partial charge is 0.465 e. The molecular formula is C16H29NO3. The van der Waals surface area contributed by atoms with E-state index in [1.54, 1.807) is 0 Å². The van der Waals surface area contributed by atoms with Crippen molar-refractivity contribution in [2.45, 2.75) is 65.2 Å². The molecule has 0 aromatic carbocycles. The van der Waals surface area contributed by atoms with Crippen molar-refractivity contribution in [3.05, 3.63) is 0 Å². The predicted molar refractivity (Wildman–Crippen MR) is 79.3 cm³/mol. The van der Waals surface area contributed by atoms with Crippen LogP contribution in [0.3, 0.4) is 0 Å². The summed E-state index contributed by atoms with van der Waals surface area (Å²) in [7, 11) is 0. The molecule has 0 aliphatic carbocycles. The van der Waals surface area contributed by atoms with Crippen LogP contribution in [0.1, 0.15) is 65.2 Å². The van der Waals surface area contributed by atoms with Gasteiger partial charge in [-0.3, -0.25) is 9.59 Å². The molecule has 0 radical (unpaired) electrons. The van der Waals surface area contributed by atoms with E-state index < -0.39 is 0 Å². The van der Waals surface area contributed by atoms with E-state index in [2.05, 4.69) is 13.8 Å². The van der Waals surface area contributed by atoms with Crippen molar-refractivity contribution < 1.29 is 14.3 Å². The second kappa shape index (κ2) is 9.78. The molecule has 4 heteroatoms. The fraction of sp³-hybridized carbons (Fsp3) is 0.875. The van der Waals surface area contributed by atoms with Crippen LogP contribution in [0.4, 0.5) is 0 Å². The first-order valence-corrected chi connectivity index (χ1v) is 8.13. The van der Waals surface area contributed by atoms with Crippen LogP contribution in [-0.4, -0.2) is 36.5 Å². The number of carbonyl (C=O) groups excluding carboxylic acids is 2. The van der Waals surface area contributed by atoms with Crippen LogP contribution in [0.15, 0.2) is 0 Å². The number of unbranched alkanes of at least 4 members (excludes halogenated alkanes) is 5. The summed E-state index contributed by atoms with van der Waals surface area (Å²) >= 11 is 0. The predicted octanol–water partition coefficient (Wildman–Crippen LogP) is 3.15. The third-order valence-corrected chi connectivity index (χ3v) is 3.82. The number of likely N-dealkylation sites (tertiary alicyclic amines) is 1. The van der Waals surface area contributed by atoms with Gasteiger partial charge in [0.05, 0.1) is 12.5 Å². The van der Waals surface area contributed by atoms with Crippen LogP contribution in [0, 0.1) is 5.92 Å². The van der Waals surface area contributed by atoms with Gasteiger partial charge in [0.2, 0.25) is 5.91 Å². The number of hydrogen-bond donors (Lipinski definition) is 0. The minimum atomic E-state index is -0.241. The van der Waals surface area contributed by atoms with Gasteiger partial charge in [0.25, 0.3) is 0 Å². The van der Waals surface area contributed by atoms with Crippen LogP contribution in [0.2, 0.25) is 0 Å². The van der Waals surface area contributed by atoms with Crippen LogP contribution < -0.4 is 0 Å². The summed E-state index contributed by atoms with van der Waals surface area (Å²) in [5.74, 6) is -0.326. The zero-order chi connectivity index (χ0) is 14.8. The number of hydrogen-bond acceptors (Lipinski definition) is 3. The van der Waals surface area contributed by atoms with Gasteiger partial charge in [-0.05, 0) is 12.8 Å². The van der Waals surface area contributed by atoms with Gasteiger partial charge in [0.1, 0.15) is 0 Å². The van der Waals surface area contributed by atoms with Crippen molar-refractivity contribution in [2.24, 2.45) is 5.92 Å². The fourth-order valence-corrected chi connectivity index (χ4v) is 2.49. The summed E-state index contributed by atoms with van der Waals surface area (Å²) in [6, 6.07) is 0. The van der Waals surface area contributed by atoms with E-state index in [0.29, 0.717) is 19.6 Å². The average Bonchev–Trinajstić information content (AvgIpc) is 2.80. The van der Waals surface area contributed by atoms with Crippen LogP contribution in [-0.2, 0) is 14.3 Å². The third-order valence-electron chi connectivity index (χ3n) is 3.82. The molecule has 0 spiro atoms. The Balaban J connectivity index is 2.21. The Morgan fingerprint density at radius 3 is 2.55 bits per heavy atom. The number of esters is 1. The highest BCUT2D eigenvalue weighted by molar-refractivity contribution is 5.86. The van der Waals surface area contributed by atoms with Crippen molar-refractivity contribution in [2.75, 3.05) is 19.7 Å². The summed E-state index contributed by atoms with van der Waals surface area (Å²) in [5, 5.41) is 0. The topological polar surface area (TPSA) is 46.6 Å². The molecule has 1 unspecified atom stereocenters. The number of amides is 1. The quantitative estimate of drug-likeness (QED) is 0.457. The minimum absolute atomic E-state index is 0.109.